The summed E-state index contributed by atoms with van der Waals surface area (Å²) >= 11 is 0. The highest BCUT2D eigenvalue weighted by molar-refractivity contribution is 5.74. The summed E-state index contributed by atoms with van der Waals surface area (Å²) in [5, 5.41) is 3.24. The molecule has 1 aromatic carbocycles. The molecule has 0 unspecified atom stereocenters. The van der Waals surface area contributed by atoms with Crippen molar-refractivity contribution in [2.75, 3.05) is 13.1 Å². The standard InChI is InChI=1S/C18H26N2O/c21-18(19-17-11-4-5-12-17)20-13-7-6-10-16(14-20)15-8-2-1-3-9-15/h1-3,8-9,16-17H,4-7,10-14H2,(H,19,21)/t16-/m0/s1. The first-order chi connectivity index (χ1) is 10.3. The number of nitrogens with one attached hydrogen (secondary N) is 1. The predicted octanol–water partition coefficient (Wildman–Crippen LogP) is 3.91. The summed E-state index contributed by atoms with van der Waals surface area (Å²) in [7, 11) is 0. The molecule has 21 heavy (non-hydrogen) atoms. The van der Waals surface area contributed by atoms with Crippen molar-refractivity contribution < 1.29 is 4.79 Å². The minimum Gasteiger partial charge on any atom is -0.335 e. The molecule has 3 nitrogen and oxygen atoms in total. The van der Waals surface area contributed by atoms with Crippen LogP contribution in [0, 0.1) is 0 Å². The number of benzene rings is 1. The van der Waals surface area contributed by atoms with Crippen LogP contribution >= 0.6 is 0 Å². The van der Waals surface area contributed by atoms with Gasteiger partial charge in [-0.05, 0) is 31.2 Å². The van der Waals surface area contributed by atoms with Crippen LogP contribution in [0.3, 0.4) is 0 Å². The largest absolute Gasteiger partial charge is 0.335 e. The molecule has 2 fully saturated rings. The Balaban J connectivity index is 1.63. The highest BCUT2D eigenvalue weighted by Crippen LogP contribution is 2.26. The molecule has 1 aliphatic carbocycles. The smallest absolute Gasteiger partial charge is 0.317 e. The van der Waals surface area contributed by atoms with E-state index in [1.807, 2.05) is 4.90 Å². The average Bonchev–Trinajstić information content (AvgIpc) is 2.89. The molecule has 3 rings (SSSR count). The van der Waals surface area contributed by atoms with Gasteiger partial charge >= 0.3 is 6.03 Å². The Labute approximate surface area is 127 Å². The number of carbonyl (C=O) groups excluding carboxylic acids is 1. The lowest BCUT2D eigenvalue weighted by Gasteiger charge is -2.26. The molecule has 1 N–H and O–H groups in total. The summed E-state index contributed by atoms with van der Waals surface area (Å²) in [5.41, 5.74) is 1.37. The molecular weight excluding hydrogens is 260 g/mol. The number of likely N-dealkylation sites (tertiary alicyclic amines) is 1. The lowest BCUT2D eigenvalue weighted by molar-refractivity contribution is 0.193. The molecule has 3 heteroatoms. The number of amides is 2. The Kier molecular flexibility index (Phi) is 4.79. The normalized spacial score (nSPS) is 23.8. The van der Waals surface area contributed by atoms with Crippen LogP contribution < -0.4 is 5.32 Å². The first-order valence-electron chi connectivity index (χ1n) is 8.43. The van der Waals surface area contributed by atoms with E-state index in [0.717, 1.165) is 32.4 Å². The van der Waals surface area contributed by atoms with Gasteiger partial charge in [-0.3, -0.25) is 0 Å². The minimum absolute atomic E-state index is 0.157. The topological polar surface area (TPSA) is 32.3 Å². The lowest BCUT2D eigenvalue weighted by Crippen LogP contribution is -2.45. The van der Waals surface area contributed by atoms with Crippen molar-refractivity contribution in [1.82, 2.24) is 10.2 Å². The van der Waals surface area contributed by atoms with Gasteiger partial charge in [0, 0.05) is 25.0 Å². The van der Waals surface area contributed by atoms with E-state index < -0.39 is 0 Å². The number of urea groups is 1. The Morgan fingerprint density at radius 2 is 1.71 bits per heavy atom. The molecule has 0 bridgehead atoms. The molecule has 1 atom stereocenters. The molecule has 1 aliphatic heterocycles. The van der Waals surface area contributed by atoms with E-state index in [1.54, 1.807) is 0 Å². The first kappa shape index (κ1) is 14.4. The quantitative estimate of drug-likeness (QED) is 0.878. The fourth-order valence-electron chi connectivity index (χ4n) is 3.66. The average molecular weight is 286 g/mol. The molecule has 2 amide bonds. The van der Waals surface area contributed by atoms with Crippen LogP contribution in [0.1, 0.15) is 56.4 Å². The second kappa shape index (κ2) is 6.97. The van der Waals surface area contributed by atoms with Gasteiger partial charge in [-0.1, -0.05) is 49.6 Å². The van der Waals surface area contributed by atoms with Gasteiger partial charge in [0.15, 0.2) is 0 Å². The van der Waals surface area contributed by atoms with Gasteiger partial charge in [-0.15, -0.1) is 0 Å². The zero-order valence-electron chi connectivity index (χ0n) is 12.8. The van der Waals surface area contributed by atoms with Crippen LogP contribution in [0.15, 0.2) is 30.3 Å². The van der Waals surface area contributed by atoms with Gasteiger partial charge in [0.05, 0.1) is 0 Å². The summed E-state index contributed by atoms with van der Waals surface area (Å²) in [5.74, 6) is 0.489. The Morgan fingerprint density at radius 1 is 1.00 bits per heavy atom. The van der Waals surface area contributed by atoms with Crippen LogP contribution in [0.25, 0.3) is 0 Å². The summed E-state index contributed by atoms with van der Waals surface area (Å²) in [6.45, 7) is 1.77. The first-order valence-corrected chi connectivity index (χ1v) is 8.43. The molecule has 1 heterocycles. The van der Waals surface area contributed by atoms with E-state index in [4.69, 9.17) is 0 Å². The fraction of sp³-hybridized carbons (Fsp3) is 0.611. The maximum absolute atomic E-state index is 12.5. The third kappa shape index (κ3) is 3.78. The highest BCUT2D eigenvalue weighted by atomic mass is 16.2. The predicted molar refractivity (Wildman–Crippen MR) is 85.4 cm³/mol. The third-order valence-electron chi connectivity index (χ3n) is 4.91. The second-order valence-corrected chi connectivity index (χ2v) is 6.48. The molecule has 0 spiro atoms. The van der Waals surface area contributed by atoms with E-state index in [9.17, 15) is 4.79 Å². The SMILES string of the molecule is O=C(NC1CCCC1)N1CCCC[C@H](c2ccccc2)C1. The zero-order chi connectivity index (χ0) is 14.5. The van der Waals surface area contributed by atoms with Crippen LogP contribution in [0.5, 0.6) is 0 Å². The van der Waals surface area contributed by atoms with Crippen molar-refractivity contribution in [3.63, 3.8) is 0 Å². The van der Waals surface area contributed by atoms with Crippen LogP contribution in [-0.2, 0) is 0 Å². The van der Waals surface area contributed by atoms with Gasteiger partial charge in [0.25, 0.3) is 0 Å². The van der Waals surface area contributed by atoms with Gasteiger partial charge in [-0.2, -0.15) is 0 Å². The molecule has 2 aliphatic rings. The number of nitrogens with zero attached hydrogens (tertiary/aromatic N) is 1. The molecule has 0 radical (unpaired) electrons. The number of hydrogen-bond acceptors (Lipinski definition) is 1. The van der Waals surface area contributed by atoms with Crippen molar-refractivity contribution in [2.24, 2.45) is 0 Å². The van der Waals surface area contributed by atoms with Crippen molar-refractivity contribution in [3.8, 4) is 0 Å². The highest BCUT2D eigenvalue weighted by Gasteiger charge is 2.25. The summed E-state index contributed by atoms with van der Waals surface area (Å²) in [6, 6.07) is 11.2. The lowest BCUT2D eigenvalue weighted by atomic mass is 9.94. The maximum Gasteiger partial charge on any atom is 0.317 e. The van der Waals surface area contributed by atoms with E-state index in [2.05, 4.69) is 35.6 Å². The Bertz CT molecular complexity index is 454. The van der Waals surface area contributed by atoms with Gasteiger partial charge < -0.3 is 10.2 Å². The minimum atomic E-state index is 0.157. The molecule has 1 aromatic rings. The van der Waals surface area contributed by atoms with Crippen LogP contribution in [0.4, 0.5) is 4.79 Å². The summed E-state index contributed by atoms with van der Waals surface area (Å²) in [4.78, 5) is 14.5. The summed E-state index contributed by atoms with van der Waals surface area (Å²) in [6.07, 6.45) is 8.37. The monoisotopic (exact) mass is 286 g/mol. The van der Waals surface area contributed by atoms with Crippen LogP contribution in [-0.4, -0.2) is 30.1 Å². The molecular formula is C18H26N2O. The second-order valence-electron chi connectivity index (χ2n) is 6.48. The molecule has 1 saturated heterocycles. The van der Waals surface area contributed by atoms with Crippen molar-refractivity contribution in [2.45, 2.75) is 56.9 Å². The molecule has 1 saturated carbocycles. The van der Waals surface area contributed by atoms with Gasteiger partial charge in [0.1, 0.15) is 0 Å². The maximum atomic E-state index is 12.5. The van der Waals surface area contributed by atoms with Crippen molar-refractivity contribution in [1.29, 1.82) is 0 Å². The Hall–Kier alpha value is -1.51. The molecule has 0 aromatic heterocycles. The van der Waals surface area contributed by atoms with Gasteiger partial charge in [-0.25, -0.2) is 4.79 Å². The van der Waals surface area contributed by atoms with Crippen LogP contribution in [0.2, 0.25) is 0 Å². The van der Waals surface area contributed by atoms with Gasteiger partial charge in [0.2, 0.25) is 0 Å². The zero-order valence-corrected chi connectivity index (χ0v) is 12.8. The Morgan fingerprint density at radius 3 is 2.48 bits per heavy atom. The number of carbonyl (C=O) groups is 1. The van der Waals surface area contributed by atoms with E-state index in [0.29, 0.717) is 12.0 Å². The summed E-state index contributed by atoms with van der Waals surface area (Å²) < 4.78 is 0. The molecule has 114 valence electrons. The van der Waals surface area contributed by atoms with E-state index in [-0.39, 0.29) is 6.03 Å². The van der Waals surface area contributed by atoms with Crippen molar-refractivity contribution >= 4 is 6.03 Å². The number of hydrogen-bond donors (Lipinski definition) is 1. The van der Waals surface area contributed by atoms with E-state index in [1.165, 1.54) is 31.2 Å². The van der Waals surface area contributed by atoms with E-state index >= 15 is 0 Å². The fourth-order valence-corrected chi connectivity index (χ4v) is 3.66. The number of rotatable bonds is 2. The van der Waals surface area contributed by atoms with Crippen molar-refractivity contribution in [3.05, 3.63) is 35.9 Å². The third-order valence-corrected chi connectivity index (χ3v) is 4.91.